The molecular formula is C21H18Cl2N2O4S. The quantitative estimate of drug-likeness (QED) is 0.513. The average Bonchev–Trinajstić information content (AvgIpc) is 3.08. The van der Waals surface area contributed by atoms with E-state index in [1.54, 1.807) is 18.2 Å². The highest BCUT2D eigenvalue weighted by atomic mass is 35.5. The van der Waals surface area contributed by atoms with E-state index in [2.05, 4.69) is 10.6 Å². The van der Waals surface area contributed by atoms with Crippen LogP contribution in [0, 0.1) is 0 Å². The van der Waals surface area contributed by atoms with Crippen molar-refractivity contribution in [3.05, 3.63) is 69.0 Å². The van der Waals surface area contributed by atoms with Crippen LogP contribution in [0.4, 0.5) is 0 Å². The molecule has 156 valence electrons. The normalized spacial score (nSPS) is 11.7. The van der Waals surface area contributed by atoms with Crippen molar-refractivity contribution >= 4 is 62.4 Å². The highest BCUT2D eigenvalue weighted by Gasteiger charge is 2.20. The van der Waals surface area contributed by atoms with Crippen molar-refractivity contribution < 1.29 is 19.1 Å². The summed E-state index contributed by atoms with van der Waals surface area (Å²) in [5.41, 5.74) is 0.749. The van der Waals surface area contributed by atoms with Gasteiger partial charge in [-0.05, 0) is 24.6 Å². The number of benzene rings is 2. The summed E-state index contributed by atoms with van der Waals surface area (Å²) in [6, 6.07) is 14.5. The lowest BCUT2D eigenvalue weighted by Gasteiger charge is -2.14. The summed E-state index contributed by atoms with van der Waals surface area (Å²) in [6.45, 7) is 1.28. The van der Waals surface area contributed by atoms with E-state index < -0.39 is 23.9 Å². The third kappa shape index (κ3) is 5.30. The first-order valence-corrected chi connectivity index (χ1v) is 10.6. The van der Waals surface area contributed by atoms with Gasteiger partial charge in [-0.3, -0.25) is 14.4 Å². The van der Waals surface area contributed by atoms with Crippen molar-refractivity contribution in [2.75, 3.05) is 6.54 Å². The number of fused-ring (bicyclic) bond motifs is 1. The van der Waals surface area contributed by atoms with Crippen LogP contribution in [0.5, 0.6) is 0 Å². The van der Waals surface area contributed by atoms with Gasteiger partial charge in [-0.2, -0.15) is 0 Å². The smallest absolute Gasteiger partial charge is 0.326 e. The van der Waals surface area contributed by atoms with Crippen molar-refractivity contribution in [2.45, 2.75) is 19.6 Å². The maximum Gasteiger partial charge on any atom is 0.326 e. The molecule has 0 bridgehead atoms. The molecule has 0 spiro atoms. The maximum absolute atomic E-state index is 12.4. The summed E-state index contributed by atoms with van der Waals surface area (Å²) in [6.07, 6.45) is -1.02. The number of hydrogen-bond donors (Lipinski definition) is 2. The molecule has 1 unspecified atom stereocenters. The Morgan fingerprint density at radius 1 is 1.03 bits per heavy atom. The third-order valence-electron chi connectivity index (χ3n) is 4.22. The zero-order valence-electron chi connectivity index (χ0n) is 15.9. The maximum atomic E-state index is 12.4. The number of ether oxygens (including phenoxy) is 1. The van der Waals surface area contributed by atoms with E-state index in [1.807, 2.05) is 30.3 Å². The molecule has 0 aliphatic rings. The largest absolute Gasteiger partial charge is 0.451 e. The van der Waals surface area contributed by atoms with Crippen molar-refractivity contribution in [2.24, 2.45) is 0 Å². The van der Waals surface area contributed by atoms with Crippen LogP contribution in [-0.2, 0) is 20.9 Å². The van der Waals surface area contributed by atoms with Gasteiger partial charge in [-0.25, -0.2) is 0 Å². The Morgan fingerprint density at radius 2 is 1.73 bits per heavy atom. The first-order chi connectivity index (χ1) is 14.4. The Bertz CT molecular complexity index is 1100. The molecule has 0 radical (unpaired) electrons. The number of hydrogen-bond acceptors (Lipinski definition) is 5. The first kappa shape index (κ1) is 22.1. The van der Waals surface area contributed by atoms with Gasteiger partial charge in [0.15, 0.2) is 6.10 Å². The molecule has 1 heterocycles. The van der Waals surface area contributed by atoms with Crippen LogP contribution in [0.1, 0.15) is 22.2 Å². The van der Waals surface area contributed by atoms with E-state index in [9.17, 15) is 14.4 Å². The van der Waals surface area contributed by atoms with Crippen LogP contribution in [-0.4, -0.2) is 30.4 Å². The van der Waals surface area contributed by atoms with E-state index >= 15 is 0 Å². The number of esters is 1. The van der Waals surface area contributed by atoms with Crippen LogP contribution in [0.25, 0.3) is 10.1 Å². The summed E-state index contributed by atoms with van der Waals surface area (Å²) in [5, 5.41) is 6.78. The van der Waals surface area contributed by atoms with E-state index in [0.29, 0.717) is 14.9 Å². The Labute approximate surface area is 187 Å². The van der Waals surface area contributed by atoms with Crippen molar-refractivity contribution in [1.29, 1.82) is 0 Å². The fourth-order valence-corrected chi connectivity index (χ4v) is 4.29. The Morgan fingerprint density at radius 3 is 2.47 bits per heavy atom. The number of amides is 2. The van der Waals surface area contributed by atoms with Gasteiger partial charge in [0.2, 0.25) is 0 Å². The minimum absolute atomic E-state index is 0.210. The standard InChI is InChI=1S/C21H18Cl2N2O4S/c1-12(20(27)24-10-13-6-2-4-8-15(13)22)29-17(26)11-25-21(28)19-18(23)14-7-3-5-9-16(14)30-19/h2-9,12H,10-11H2,1H3,(H,24,27)(H,25,28). The molecule has 0 saturated carbocycles. The van der Waals surface area contributed by atoms with Crippen molar-refractivity contribution in [1.82, 2.24) is 10.6 Å². The number of carbonyl (C=O) groups excluding carboxylic acids is 3. The van der Waals surface area contributed by atoms with Gasteiger partial charge in [-0.15, -0.1) is 11.3 Å². The molecule has 3 rings (SSSR count). The zero-order valence-corrected chi connectivity index (χ0v) is 18.2. The van der Waals surface area contributed by atoms with Crippen LogP contribution in [0.2, 0.25) is 10.0 Å². The zero-order chi connectivity index (χ0) is 21.7. The van der Waals surface area contributed by atoms with Gasteiger partial charge in [0.25, 0.3) is 11.8 Å². The van der Waals surface area contributed by atoms with Crippen molar-refractivity contribution in [3.63, 3.8) is 0 Å². The predicted molar refractivity (Wildman–Crippen MR) is 118 cm³/mol. The Balaban J connectivity index is 1.48. The minimum atomic E-state index is -1.02. The number of thiophene rings is 1. The van der Waals surface area contributed by atoms with Gasteiger partial charge in [0.05, 0.1) is 5.02 Å². The second-order valence-electron chi connectivity index (χ2n) is 6.37. The molecule has 1 atom stereocenters. The first-order valence-electron chi connectivity index (χ1n) is 9.02. The van der Waals surface area contributed by atoms with E-state index in [0.717, 1.165) is 15.6 Å². The molecule has 1 aromatic heterocycles. The Hall–Kier alpha value is -2.61. The number of nitrogens with one attached hydrogen (secondary N) is 2. The monoisotopic (exact) mass is 464 g/mol. The molecular weight excluding hydrogens is 447 g/mol. The van der Waals surface area contributed by atoms with Gasteiger partial charge in [0.1, 0.15) is 11.4 Å². The molecule has 2 N–H and O–H groups in total. The Kier molecular flexibility index (Phi) is 7.31. The van der Waals surface area contributed by atoms with E-state index in [4.69, 9.17) is 27.9 Å². The number of halogens is 2. The van der Waals surface area contributed by atoms with Gasteiger partial charge in [-0.1, -0.05) is 59.6 Å². The van der Waals surface area contributed by atoms with Crippen LogP contribution < -0.4 is 10.6 Å². The summed E-state index contributed by atoms with van der Waals surface area (Å²) in [5.74, 6) is -1.68. The fourth-order valence-electron chi connectivity index (χ4n) is 2.65. The molecule has 6 nitrogen and oxygen atoms in total. The van der Waals surface area contributed by atoms with Crippen LogP contribution in [0.3, 0.4) is 0 Å². The fraction of sp³-hybridized carbons (Fsp3) is 0.190. The number of rotatable bonds is 7. The molecule has 0 aliphatic heterocycles. The average molecular weight is 465 g/mol. The van der Waals surface area contributed by atoms with Gasteiger partial charge in [0, 0.05) is 21.7 Å². The molecule has 0 aliphatic carbocycles. The van der Waals surface area contributed by atoms with E-state index in [-0.39, 0.29) is 13.1 Å². The van der Waals surface area contributed by atoms with Crippen LogP contribution >= 0.6 is 34.5 Å². The summed E-state index contributed by atoms with van der Waals surface area (Å²) in [4.78, 5) is 36.8. The molecule has 2 amide bonds. The lowest BCUT2D eigenvalue weighted by molar-refractivity contribution is -0.153. The summed E-state index contributed by atoms with van der Waals surface area (Å²) < 4.78 is 5.95. The molecule has 0 fully saturated rings. The highest BCUT2D eigenvalue weighted by Crippen LogP contribution is 2.34. The number of carbonyl (C=O) groups is 3. The highest BCUT2D eigenvalue weighted by molar-refractivity contribution is 7.21. The lowest BCUT2D eigenvalue weighted by atomic mass is 10.2. The predicted octanol–water partition coefficient (Wildman–Crippen LogP) is 4.19. The lowest BCUT2D eigenvalue weighted by Crippen LogP contribution is -2.38. The van der Waals surface area contributed by atoms with Gasteiger partial charge < -0.3 is 15.4 Å². The molecule has 30 heavy (non-hydrogen) atoms. The summed E-state index contributed by atoms with van der Waals surface area (Å²) >= 11 is 13.5. The summed E-state index contributed by atoms with van der Waals surface area (Å²) in [7, 11) is 0. The molecule has 3 aromatic rings. The SMILES string of the molecule is CC(OC(=O)CNC(=O)c1sc2ccccc2c1Cl)C(=O)NCc1ccccc1Cl. The third-order valence-corrected chi connectivity index (χ3v) is 6.27. The second kappa shape index (κ2) is 9.93. The topological polar surface area (TPSA) is 84.5 Å². The second-order valence-corrected chi connectivity index (χ2v) is 8.20. The molecule has 0 saturated heterocycles. The van der Waals surface area contributed by atoms with Gasteiger partial charge >= 0.3 is 5.97 Å². The van der Waals surface area contributed by atoms with Crippen LogP contribution in [0.15, 0.2) is 48.5 Å². The molecule has 2 aromatic carbocycles. The molecule has 9 heteroatoms. The van der Waals surface area contributed by atoms with Crippen molar-refractivity contribution in [3.8, 4) is 0 Å². The van der Waals surface area contributed by atoms with E-state index in [1.165, 1.54) is 18.3 Å². The minimum Gasteiger partial charge on any atom is -0.451 e.